The maximum atomic E-state index is 12.7. The Labute approximate surface area is 131 Å². The fourth-order valence-electron chi connectivity index (χ4n) is 2.72. The number of rotatable bonds is 5. The summed E-state index contributed by atoms with van der Waals surface area (Å²) in [5.41, 5.74) is 7.03. The van der Waals surface area contributed by atoms with Gasteiger partial charge >= 0.3 is 0 Å². The van der Waals surface area contributed by atoms with E-state index in [0.29, 0.717) is 12.6 Å². The van der Waals surface area contributed by atoms with Crippen LogP contribution in [0.5, 0.6) is 0 Å². The number of fused-ring (bicyclic) bond motifs is 1. The molecule has 3 rings (SSSR count). The average Bonchev–Trinajstić information content (AvgIpc) is 3.36. The molecule has 0 aliphatic heterocycles. The van der Waals surface area contributed by atoms with E-state index in [2.05, 4.69) is 17.1 Å². The maximum Gasteiger partial charge on any atom is 0.240 e. The van der Waals surface area contributed by atoms with Crippen molar-refractivity contribution in [3.05, 3.63) is 42.2 Å². The molecule has 2 N–H and O–H groups in total. The van der Waals surface area contributed by atoms with Gasteiger partial charge in [0.2, 0.25) is 5.91 Å². The molecule has 0 saturated heterocycles. The van der Waals surface area contributed by atoms with Crippen molar-refractivity contribution in [3.8, 4) is 0 Å². The van der Waals surface area contributed by atoms with Gasteiger partial charge in [0.15, 0.2) is 0 Å². The van der Waals surface area contributed by atoms with Crippen molar-refractivity contribution in [3.63, 3.8) is 0 Å². The van der Waals surface area contributed by atoms with Crippen molar-refractivity contribution in [1.82, 2.24) is 9.88 Å². The minimum Gasteiger partial charge on any atom is -0.332 e. The van der Waals surface area contributed by atoms with E-state index in [-0.39, 0.29) is 11.8 Å². The first-order chi connectivity index (χ1) is 10.6. The standard InChI is InChI=1S/C18H23N3O/c1-12(2)17(19)18(22)21(14-7-8-14)11-16-15-6-4-3-5-13(15)9-10-20-16/h3-6,9-10,12,14,17H,7-8,11,19H2,1-2H3/t17-/m0/s1. The van der Waals surface area contributed by atoms with E-state index in [1.165, 1.54) is 0 Å². The lowest BCUT2D eigenvalue weighted by molar-refractivity contribution is -0.134. The number of carbonyl (C=O) groups is 1. The van der Waals surface area contributed by atoms with Crippen LogP contribution in [0.1, 0.15) is 32.4 Å². The molecule has 1 atom stereocenters. The molecule has 2 aromatic rings. The molecule has 0 radical (unpaired) electrons. The fourth-order valence-corrected chi connectivity index (χ4v) is 2.72. The molecule has 1 saturated carbocycles. The van der Waals surface area contributed by atoms with Crippen LogP contribution in [0.2, 0.25) is 0 Å². The molecule has 4 heteroatoms. The molecule has 1 aliphatic rings. The van der Waals surface area contributed by atoms with Crippen molar-refractivity contribution < 1.29 is 4.79 Å². The van der Waals surface area contributed by atoms with Crippen molar-refractivity contribution in [2.45, 2.75) is 45.3 Å². The van der Waals surface area contributed by atoms with Crippen molar-refractivity contribution in [2.75, 3.05) is 0 Å². The second-order valence-corrected chi connectivity index (χ2v) is 6.45. The third-order valence-electron chi connectivity index (χ3n) is 4.35. The molecule has 0 bridgehead atoms. The molecule has 1 fully saturated rings. The third-order valence-corrected chi connectivity index (χ3v) is 4.35. The number of benzene rings is 1. The van der Waals surface area contributed by atoms with Crippen LogP contribution < -0.4 is 5.73 Å². The largest absolute Gasteiger partial charge is 0.332 e. The number of amides is 1. The normalized spacial score (nSPS) is 16.0. The summed E-state index contributed by atoms with van der Waals surface area (Å²) in [6.45, 7) is 4.53. The highest BCUT2D eigenvalue weighted by Gasteiger charge is 2.35. The van der Waals surface area contributed by atoms with E-state index < -0.39 is 6.04 Å². The molecule has 4 nitrogen and oxygen atoms in total. The monoisotopic (exact) mass is 297 g/mol. The molecule has 22 heavy (non-hydrogen) atoms. The van der Waals surface area contributed by atoms with Gasteiger partial charge in [-0.25, -0.2) is 0 Å². The number of aromatic nitrogens is 1. The average molecular weight is 297 g/mol. The smallest absolute Gasteiger partial charge is 0.240 e. The van der Waals surface area contributed by atoms with Gasteiger partial charge in [-0.05, 0) is 30.2 Å². The Bertz CT molecular complexity index is 674. The number of hydrogen-bond acceptors (Lipinski definition) is 3. The lowest BCUT2D eigenvalue weighted by Crippen LogP contribution is -2.47. The van der Waals surface area contributed by atoms with Gasteiger partial charge in [-0.15, -0.1) is 0 Å². The second kappa shape index (κ2) is 6.05. The summed E-state index contributed by atoms with van der Waals surface area (Å²) in [4.78, 5) is 19.1. The fraction of sp³-hybridized carbons (Fsp3) is 0.444. The molecule has 1 aromatic heterocycles. The van der Waals surface area contributed by atoms with Crippen molar-refractivity contribution in [2.24, 2.45) is 11.7 Å². The first-order valence-corrected chi connectivity index (χ1v) is 7.96. The van der Waals surface area contributed by atoms with Crippen LogP contribution in [0.15, 0.2) is 36.5 Å². The summed E-state index contributed by atoms with van der Waals surface area (Å²) in [7, 11) is 0. The van der Waals surface area contributed by atoms with Gasteiger partial charge in [-0.2, -0.15) is 0 Å². The zero-order chi connectivity index (χ0) is 15.7. The lowest BCUT2D eigenvalue weighted by Gasteiger charge is -2.27. The van der Waals surface area contributed by atoms with Crippen LogP contribution >= 0.6 is 0 Å². The Morgan fingerprint density at radius 2 is 2.05 bits per heavy atom. The van der Waals surface area contributed by atoms with Gasteiger partial charge < -0.3 is 10.6 Å². The molecule has 1 aromatic carbocycles. The third kappa shape index (κ3) is 2.97. The maximum absolute atomic E-state index is 12.7. The van der Waals surface area contributed by atoms with Gasteiger partial charge in [-0.3, -0.25) is 9.78 Å². The van der Waals surface area contributed by atoms with Gasteiger partial charge in [0.25, 0.3) is 0 Å². The lowest BCUT2D eigenvalue weighted by atomic mass is 10.0. The summed E-state index contributed by atoms with van der Waals surface area (Å²) in [5.74, 6) is 0.196. The zero-order valence-corrected chi connectivity index (χ0v) is 13.2. The van der Waals surface area contributed by atoms with Crippen molar-refractivity contribution >= 4 is 16.7 Å². The molecule has 116 valence electrons. The van der Waals surface area contributed by atoms with E-state index in [0.717, 1.165) is 29.3 Å². The van der Waals surface area contributed by atoms with Crippen LogP contribution in [-0.2, 0) is 11.3 Å². The summed E-state index contributed by atoms with van der Waals surface area (Å²) >= 11 is 0. The van der Waals surface area contributed by atoms with Crippen LogP contribution in [0.3, 0.4) is 0 Å². The minimum atomic E-state index is -0.435. The van der Waals surface area contributed by atoms with E-state index in [1.54, 1.807) is 0 Å². The van der Waals surface area contributed by atoms with Crippen molar-refractivity contribution in [1.29, 1.82) is 0 Å². The predicted octanol–water partition coefficient (Wildman–Crippen LogP) is 2.71. The molecular formula is C18H23N3O. The highest BCUT2D eigenvalue weighted by molar-refractivity contribution is 5.86. The summed E-state index contributed by atoms with van der Waals surface area (Å²) in [6, 6.07) is 10.1. The van der Waals surface area contributed by atoms with Crippen LogP contribution in [0, 0.1) is 5.92 Å². The van der Waals surface area contributed by atoms with E-state index >= 15 is 0 Å². The Morgan fingerprint density at radius 3 is 2.73 bits per heavy atom. The first kappa shape index (κ1) is 15.0. The SMILES string of the molecule is CC(C)[C@H](N)C(=O)N(Cc1nccc2ccccc12)C1CC1. The number of carbonyl (C=O) groups excluding carboxylic acids is 1. The van der Waals surface area contributed by atoms with Crippen LogP contribution in [0.25, 0.3) is 10.8 Å². The Balaban J connectivity index is 1.89. The Morgan fingerprint density at radius 1 is 1.32 bits per heavy atom. The Hall–Kier alpha value is -1.94. The minimum absolute atomic E-state index is 0.0484. The summed E-state index contributed by atoms with van der Waals surface area (Å²) in [5, 5.41) is 2.27. The quantitative estimate of drug-likeness (QED) is 0.923. The Kier molecular flexibility index (Phi) is 4.12. The van der Waals surface area contributed by atoms with E-state index in [4.69, 9.17) is 5.73 Å². The van der Waals surface area contributed by atoms with Crippen LogP contribution in [-0.4, -0.2) is 27.9 Å². The van der Waals surface area contributed by atoms with Gasteiger partial charge in [0.05, 0.1) is 18.3 Å². The van der Waals surface area contributed by atoms with E-state index in [1.807, 2.05) is 43.1 Å². The highest BCUT2D eigenvalue weighted by atomic mass is 16.2. The van der Waals surface area contributed by atoms with Gasteiger partial charge in [0.1, 0.15) is 0 Å². The number of hydrogen-bond donors (Lipinski definition) is 1. The number of nitrogens with two attached hydrogens (primary N) is 1. The topological polar surface area (TPSA) is 59.2 Å². The molecular weight excluding hydrogens is 274 g/mol. The first-order valence-electron chi connectivity index (χ1n) is 7.96. The molecule has 1 heterocycles. The predicted molar refractivity (Wildman–Crippen MR) is 88.1 cm³/mol. The van der Waals surface area contributed by atoms with Gasteiger partial charge in [-0.1, -0.05) is 38.1 Å². The summed E-state index contributed by atoms with van der Waals surface area (Å²) < 4.78 is 0. The highest BCUT2D eigenvalue weighted by Crippen LogP contribution is 2.30. The number of pyridine rings is 1. The second-order valence-electron chi connectivity index (χ2n) is 6.45. The molecule has 1 aliphatic carbocycles. The summed E-state index contributed by atoms with van der Waals surface area (Å²) in [6.07, 6.45) is 3.96. The molecule has 0 unspecified atom stereocenters. The number of nitrogens with zero attached hydrogens (tertiary/aromatic N) is 2. The molecule has 1 amide bonds. The zero-order valence-electron chi connectivity index (χ0n) is 13.2. The van der Waals surface area contributed by atoms with Gasteiger partial charge in [0, 0.05) is 17.6 Å². The van der Waals surface area contributed by atoms with E-state index in [9.17, 15) is 4.79 Å². The molecule has 0 spiro atoms. The van der Waals surface area contributed by atoms with Crippen LogP contribution in [0.4, 0.5) is 0 Å².